The molecule has 0 aliphatic rings. The number of imidazole rings is 1. The van der Waals surface area contributed by atoms with Crippen LogP contribution >= 0.6 is 0 Å². The molecule has 6 nitrogen and oxygen atoms in total. The average molecular weight is 379 g/mol. The second-order valence-electron chi connectivity index (χ2n) is 7.57. The van der Waals surface area contributed by atoms with Gasteiger partial charge in [0.25, 0.3) is 5.91 Å². The summed E-state index contributed by atoms with van der Waals surface area (Å²) in [6.45, 7) is 7.86. The predicted molar refractivity (Wildman–Crippen MR) is 110 cm³/mol. The highest BCUT2D eigenvalue weighted by Gasteiger charge is 2.22. The van der Waals surface area contributed by atoms with Crippen molar-refractivity contribution in [1.82, 2.24) is 9.55 Å². The summed E-state index contributed by atoms with van der Waals surface area (Å²) in [6, 6.07) is 14.6. The Kier molecular flexibility index (Phi) is 5.49. The van der Waals surface area contributed by atoms with Crippen molar-refractivity contribution in [2.24, 2.45) is 0 Å². The van der Waals surface area contributed by atoms with Gasteiger partial charge in [-0.25, -0.2) is 4.98 Å². The predicted octanol–water partition coefficient (Wildman–Crippen LogP) is 4.40. The Morgan fingerprint density at radius 2 is 1.75 bits per heavy atom. The van der Waals surface area contributed by atoms with Crippen LogP contribution in [0.3, 0.4) is 0 Å². The Morgan fingerprint density at radius 3 is 2.39 bits per heavy atom. The molecule has 28 heavy (non-hydrogen) atoms. The largest absolute Gasteiger partial charge is 0.484 e. The normalized spacial score (nSPS) is 11.4. The molecule has 3 rings (SSSR count). The van der Waals surface area contributed by atoms with Gasteiger partial charge in [0.15, 0.2) is 12.4 Å². The molecule has 0 aliphatic carbocycles. The average Bonchev–Trinajstić information content (AvgIpc) is 3.04. The fraction of sp³-hybridized carbons (Fsp3) is 0.318. The molecule has 0 bridgehead atoms. The monoisotopic (exact) mass is 379 g/mol. The van der Waals surface area contributed by atoms with Crippen LogP contribution < -0.4 is 10.1 Å². The van der Waals surface area contributed by atoms with E-state index in [1.807, 2.05) is 35.8 Å². The second-order valence-corrected chi connectivity index (χ2v) is 7.57. The zero-order valence-electron chi connectivity index (χ0n) is 16.7. The van der Waals surface area contributed by atoms with Gasteiger partial charge in [-0.1, -0.05) is 19.1 Å². The highest BCUT2D eigenvalue weighted by atomic mass is 16.5. The number of nitrogens with zero attached hydrogens (tertiary/aromatic N) is 2. The van der Waals surface area contributed by atoms with E-state index in [2.05, 4.69) is 31.1 Å². The number of carbonyl (C=O) groups is 2. The molecule has 0 saturated carbocycles. The number of anilines is 1. The number of Topliss-reactive ketones (excluding diaryl/α,β-unsaturated/α-hetero) is 1. The van der Waals surface area contributed by atoms with Crippen LogP contribution in [0.5, 0.6) is 5.75 Å². The molecule has 0 unspecified atom stereocenters. The van der Waals surface area contributed by atoms with Crippen molar-refractivity contribution in [1.29, 1.82) is 0 Å². The van der Waals surface area contributed by atoms with Crippen LogP contribution in [0, 0.1) is 0 Å². The lowest BCUT2D eigenvalue weighted by molar-refractivity contribution is -0.118. The number of carbonyl (C=O) groups excluding carboxylic acids is 2. The van der Waals surface area contributed by atoms with E-state index in [9.17, 15) is 9.59 Å². The summed E-state index contributed by atoms with van der Waals surface area (Å²) < 4.78 is 7.55. The first-order chi connectivity index (χ1) is 13.3. The van der Waals surface area contributed by atoms with Gasteiger partial charge in [-0.2, -0.15) is 0 Å². The van der Waals surface area contributed by atoms with Crippen LogP contribution in [0.2, 0.25) is 0 Å². The number of rotatable bonds is 6. The van der Waals surface area contributed by atoms with E-state index in [4.69, 9.17) is 4.74 Å². The summed E-state index contributed by atoms with van der Waals surface area (Å²) in [5.74, 6) is 0.804. The zero-order valence-corrected chi connectivity index (χ0v) is 16.7. The van der Waals surface area contributed by atoms with Crippen molar-refractivity contribution in [3.63, 3.8) is 0 Å². The summed E-state index contributed by atoms with van der Waals surface area (Å²) >= 11 is 0. The van der Waals surface area contributed by atoms with Gasteiger partial charge >= 0.3 is 0 Å². The fourth-order valence-electron chi connectivity index (χ4n) is 3.04. The van der Waals surface area contributed by atoms with Gasteiger partial charge < -0.3 is 9.30 Å². The van der Waals surface area contributed by atoms with Crippen molar-refractivity contribution in [2.45, 2.75) is 39.7 Å². The van der Waals surface area contributed by atoms with Crippen molar-refractivity contribution >= 4 is 28.7 Å². The Morgan fingerprint density at radius 1 is 1.07 bits per heavy atom. The van der Waals surface area contributed by atoms with Gasteiger partial charge in [0.05, 0.1) is 11.0 Å². The van der Waals surface area contributed by atoms with Crippen LogP contribution in [0.4, 0.5) is 5.95 Å². The Labute approximate surface area is 164 Å². The maximum absolute atomic E-state index is 12.4. The summed E-state index contributed by atoms with van der Waals surface area (Å²) in [6.07, 6.45) is 0.456. The molecule has 1 amide bonds. The Hall–Kier alpha value is -3.15. The molecular weight excluding hydrogens is 354 g/mol. The molecule has 1 aromatic heterocycles. The molecule has 2 aromatic carbocycles. The molecule has 0 radical (unpaired) electrons. The number of benzene rings is 2. The Bertz CT molecular complexity index is 998. The number of aromatic nitrogens is 2. The number of para-hydroxylation sites is 2. The maximum Gasteiger partial charge on any atom is 0.264 e. The first-order valence-electron chi connectivity index (χ1n) is 9.33. The highest BCUT2D eigenvalue weighted by molar-refractivity contribution is 5.96. The molecule has 0 saturated heterocycles. The second kappa shape index (κ2) is 7.84. The minimum atomic E-state index is -0.297. The quantitative estimate of drug-likeness (QED) is 0.644. The van der Waals surface area contributed by atoms with Gasteiger partial charge in [-0.3, -0.25) is 14.9 Å². The molecule has 0 aliphatic heterocycles. The van der Waals surface area contributed by atoms with Crippen LogP contribution in [-0.2, 0) is 10.3 Å². The van der Waals surface area contributed by atoms with E-state index in [-0.39, 0.29) is 23.8 Å². The van der Waals surface area contributed by atoms with Crippen LogP contribution in [0.15, 0.2) is 48.5 Å². The minimum Gasteiger partial charge on any atom is -0.484 e. The van der Waals surface area contributed by atoms with Crippen LogP contribution in [-0.4, -0.2) is 27.8 Å². The van der Waals surface area contributed by atoms with E-state index in [0.717, 1.165) is 11.0 Å². The third kappa shape index (κ3) is 4.22. The lowest BCUT2D eigenvalue weighted by Gasteiger charge is -2.24. The van der Waals surface area contributed by atoms with E-state index in [1.54, 1.807) is 24.3 Å². The first kappa shape index (κ1) is 19.6. The number of nitrogens with one attached hydrogen (secondary N) is 1. The molecule has 1 N–H and O–H groups in total. The summed E-state index contributed by atoms with van der Waals surface area (Å²) in [5, 5.41) is 2.85. The van der Waals surface area contributed by atoms with Crippen molar-refractivity contribution in [3.8, 4) is 5.75 Å². The smallest absolute Gasteiger partial charge is 0.264 e. The third-order valence-corrected chi connectivity index (χ3v) is 4.35. The van der Waals surface area contributed by atoms with Crippen LogP contribution in [0.25, 0.3) is 11.0 Å². The maximum atomic E-state index is 12.4. The van der Waals surface area contributed by atoms with Gasteiger partial charge in [-0.15, -0.1) is 0 Å². The lowest BCUT2D eigenvalue weighted by atomic mass is 10.1. The van der Waals surface area contributed by atoms with E-state index in [1.165, 1.54) is 0 Å². The third-order valence-electron chi connectivity index (χ3n) is 4.35. The van der Waals surface area contributed by atoms with E-state index in [0.29, 0.717) is 23.7 Å². The fourth-order valence-corrected chi connectivity index (χ4v) is 3.04. The number of ketones is 1. The molecule has 1 heterocycles. The number of hydrogen-bond acceptors (Lipinski definition) is 4. The summed E-state index contributed by atoms with van der Waals surface area (Å²) in [7, 11) is 0. The highest BCUT2D eigenvalue weighted by Crippen LogP contribution is 2.27. The molecule has 3 aromatic rings. The van der Waals surface area contributed by atoms with E-state index < -0.39 is 0 Å². The van der Waals surface area contributed by atoms with Gasteiger partial charge in [0.2, 0.25) is 5.95 Å². The lowest BCUT2D eigenvalue weighted by Crippen LogP contribution is -2.28. The SMILES string of the molecule is CCC(=O)c1ccc(OCC(=O)Nc2nc3ccccc3n2C(C)(C)C)cc1. The standard InChI is InChI=1S/C22H25N3O3/c1-5-19(26)15-10-12-16(13-11-15)28-14-20(27)24-21-23-17-8-6-7-9-18(17)25(21)22(2,3)4/h6-13H,5,14H2,1-4H3,(H,23,24,27). The number of hydrogen-bond donors (Lipinski definition) is 1. The molecule has 146 valence electrons. The van der Waals surface area contributed by atoms with Crippen molar-refractivity contribution in [3.05, 3.63) is 54.1 Å². The summed E-state index contributed by atoms with van der Waals surface area (Å²) in [4.78, 5) is 28.6. The van der Waals surface area contributed by atoms with E-state index >= 15 is 0 Å². The van der Waals surface area contributed by atoms with Gasteiger partial charge in [-0.05, 0) is 57.2 Å². The molecule has 6 heteroatoms. The topological polar surface area (TPSA) is 73.2 Å². The molecule has 0 fully saturated rings. The molecular formula is C22H25N3O3. The summed E-state index contributed by atoms with van der Waals surface area (Å²) in [5.41, 5.74) is 2.17. The minimum absolute atomic E-state index is 0.0744. The van der Waals surface area contributed by atoms with Gasteiger partial charge in [0.1, 0.15) is 5.75 Å². The number of fused-ring (bicyclic) bond motifs is 1. The molecule has 0 spiro atoms. The number of ether oxygens (including phenoxy) is 1. The van der Waals surface area contributed by atoms with Gasteiger partial charge in [0, 0.05) is 17.5 Å². The van der Waals surface area contributed by atoms with Crippen molar-refractivity contribution in [2.75, 3.05) is 11.9 Å². The Balaban J connectivity index is 1.71. The van der Waals surface area contributed by atoms with Crippen LogP contribution in [0.1, 0.15) is 44.5 Å². The number of amides is 1. The van der Waals surface area contributed by atoms with Crippen molar-refractivity contribution < 1.29 is 14.3 Å². The molecule has 0 atom stereocenters. The first-order valence-corrected chi connectivity index (χ1v) is 9.33. The zero-order chi connectivity index (χ0) is 20.3.